The van der Waals surface area contributed by atoms with Crippen LogP contribution in [-0.4, -0.2) is 37.4 Å². The summed E-state index contributed by atoms with van der Waals surface area (Å²) in [6.45, 7) is 2.63. The molecule has 3 nitrogen and oxygen atoms in total. The number of ketones is 1. The van der Waals surface area contributed by atoms with Crippen LogP contribution in [0.3, 0.4) is 0 Å². The highest BCUT2D eigenvalue weighted by molar-refractivity contribution is 5.98. The molecule has 2 rings (SSSR count). The van der Waals surface area contributed by atoms with Gasteiger partial charge >= 0.3 is 0 Å². The molecule has 1 unspecified atom stereocenters. The van der Waals surface area contributed by atoms with Crippen LogP contribution in [-0.2, 0) is 6.42 Å². The van der Waals surface area contributed by atoms with Gasteiger partial charge in [-0.2, -0.15) is 0 Å². The molecule has 86 valence electrons. The second kappa shape index (κ2) is 4.26. The van der Waals surface area contributed by atoms with E-state index in [1.807, 2.05) is 37.2 Å². The summed E-state index contributed by atoms with van der Waals surface area (Å²) < 4.78 is 0. The van der Waals surface area contributed by atoms with Crippen LogP contribution in [0.15, 0.2) is 18.2 Å². The van der Waals surface area contributed by atoms with E-state index in [4.69, 9.17) is 0 Å². The molecule has 1 N–H and O–H groups in total. The zero-order chi connectivity index (χ0) is 11.7. The van der Waals surface area contributed by atoms with E-state index < -0.39 is 0 Å². The highest BCUT2D eigenvalue weighted by Crippen LogP contribution is 2.26. The number of nitrogens with one attached hydrogen (secondary N) is 1. The van der Waals surface area contributed by atoms with Gasteiger partial charge in [0.15, 0.2) is 5.78 Å². The van der Waals surface area contributed by atoms with Crippen LogP contribution in [0.1, 0.15) is 22.8 Å². The summed E-state index contributed by atoms with van der Waals surface area (Å²) in [6.07, 6.45) is 1.01. The number of hydrogen-bond donors (Lipinski definition) is 1. The second-order valence-corrected chi connectivity index (χ2v) is 4.78. The predicted octanol–water partition coefficient (Wildman–Crippen LogP) is 1.79. The molecule has 0 spiro atoms. The van der Waals surface area contributed by atoms with Crippen molar-refractivity contribution in [2.45, 2.75) is 19.4 Å². The van der Waals surface area contributed by atoms with E-state index in [2.05, 4.69) is 12.2 Å². The maximum Gasteiger partial charge on any atom is 0.176 e. The number of Topliss-reactive ketones (excluding diaryl/α,β-unsaturated/α-hetero) is 1. The van der Waals surface area contributed by atoms with Gasteiger partial charge < -0.3 is 10.2 Å². The van der Waals surface area contributed by atoms with Crippen molar-refractivity contribution in [3.05, 3.63) is 29.3 Å². The van der Waals surface area contributed by atoms with Gasteiger partial charge in [-0.25, -0.2) is 0 Å². The SMILES string of the molecule is CC1Cc2cc(C(=O)CN(C)C)ccc2N1. The molecule has 1 aliphatic heterocycles. The Morgan fingerprint density at radius 3 is 2.94 bits per heavy atom. The molecule has 1 aliphatic rings. The number of likely N-dealkylation sites (N-methyl/N-ethyl adjacent to an activating group) is 1. The first kappa shape index (κ1) is 11.1. The quantitative estimate of drug-likeness (QED) is 0.785. The molecule has 0 saturated heterocycles. The van der Waals surface area contributed by atoms with E-state index in [1.165, 1.54) is 11.3 Å². The van der Waals surface area contributed by atoms with Gasteiger partial charge in [0.1, 0.15) is 0 Å². The molecular formula is C13H18N2O. The standard InChI is InChI=1S/C13H18N2O/c1-9-6-11-7-10(4-5-12(11)14-9)13(16)8-15(2)3/h4-5,7,9,14H,6,8H2,1-3H3. The van der Waals surface area contributed by atoms with Gasteiger partial charge in [-0.1, -0.05) is 0 Å². The van der Waals surface area contributed by atoms with Crippen molar-refractivity contribution in [3.8, 4) is 0 Å². The lowest BCUT2D eigenvalue weighted by atomic mass is 10.0. The Hall–Kier alpha value is -1.35. The molecule has 0 radical (unpaired) electrons. The molecule has 0 saturated carbocycles. The van der Waals surface area contributed by atoms with Gasteiger partial charge in [0.05, 0.1) is 6.54 Å². The molecule has 0 bridgehead atoms. The first-order valence-corrected chi connectivity index (χ1v) is 5.63. The molecule has 1 aromatic rings. The van der Waals surface area contributed by atoms with Crippen LogP contribution in [0.25, 0.3) is 0 Å². The van der Waals surface area contributed by atoms with Crippen molar-refractivity contribution >= 4 is 11.5 Å². The Morgan fingerprint density at radius 1 is 1.50 bits per heavy atom. The number of benzene rings is 1. The summed E-state index contributed by atoms with van der Waals surface area (Å²) in [5.74, 6) is 0.187. The molecule has 3 heteroatoms. The Labute approximate surface area is 96.5 Å². The highest BCUT2D eigenvalue weighted by atomic mass is 16.1. The Balaban J connectivity index is 2.19. The van der Waals surface area contributed by atoms with Gasteiger partial charge in [-0.3, -0.25) is 4.79 Å². The van der Waals surface area contributed by atoms with Crippen LogP contribution in [0, 0.1) is 0 Å². The zero-order valence-electron chi connectivity index (χ0n) is 10.1. The summed E-state index contributed by atoms with van der Waals surface area (Å²) in [6, 6.07) is 6.43. The molecule has 0 aromatic heterocycles. The van der Waals surface area contributed by atoms with Gasteiger partial charge in [0, 0.05) is 17.3 Å². The van der Waals surface area contributed by atoms with Crippen molar-refractivity contribution in [1.29, 1.82) is 0 Å². The Kier molecular flexibility index (Phi) is 2.97. The van der Waals surface area contributed by atoms with Crippen LogP contribution >= 0.6 is 0 Å². The third-order valence-electron chi connectivity index (χ3n) is 2.82. The van der Waals surface area contributed by atoms with Crippen molar-refractivity contribution < 1.29 is 4.79 Å². The number of carbonyl (C=O) groups is 1. The number of carbonyl (C=O) groups excluding carboxylic acids is 1. The monoisotopic (exact) mass is 218 g/mol. The number of anilines is 1. The third kappa shape index (κ3) is 2.25. The average molecular weight is 218 g/mol. The van der Waals surface area contributed by atoms with Crippen LogP contribution in [0.4, 0.5) is 5.69 Å². The van der Waals surface area contributed by atoms with E-state index >= 15 is 0 Å². The molecule has 1 aromatic carbocycles. The van der Waals surface area contributed by atoms with E-state index in [0.29, 0.717) is 12.6 Å². The lowest BCUT2D eigenvalue weighted by Crippen LogP contribution is -2.21. The fourth-order valence-electron chi connectivity index (χ4n) is 2.10. The zero-order valence-corrected chi connectivity index (χ0v) is 10.1. The van der Waals surface area contributed by atoms with Crippen molar-refractivity contribution in [1.82, 2.24) is 4.90 Å². The summed E-state index contributed by atoms with van der Waals surface area (Å²) in [7, 11) is 3.82. The highest BCUT2D eigenvalue weighted by Gasteiger charge is 2.18. The summed E-state index contributed by atoms with van der Waals surface area (Å²) >= 11 is 0. The molecule has 0 fully saturated rings. The largest absolute Gasteiger partial charge is 0.382 e. The van der Waals surface area contributed by atoms with Crippen LogP contribution in [0.2, 0.25) is 0 Å². The minimum Gasteiger partial charge on any atom is -0.382 e. The van der Waals surface area contributed by atoms with Gasteiger partial charge in [-0.05, 0) is 51.2 Å². The van der Waals surface area contributed by atoms with Gasteiger partial charge in [-0.15, -0.1) is 0 Å². The van der Waals surface area contributed by atoms with E-state index in [9.17, 15) is 4.79 Å². The summed E-state index contributed by atoms with van der Waals surface area (Å²) in [5, 5.41) is 3.38. The van der Waals surface area contributed by atoms with Crippen molar-refractivity contribution in [3.63, 3.8) is 0 Å². The number of nitrogens with zero attached hydrogens (tertiary/aromatic N) is 1. The van der Waals surface area contributed by atoms with Crippen molar-refractivity contribution in [2.24, 2.45) is 0 Å². The van der Waals surface area contributed by atoms with Crippen LogP contribution < -0.4 is 5.32 Å². The molecular weight excluding hydrogens is 200 g/mol. The maximum atomic E-state index is 11.9. The van der Waals surface area contributed by atoms with Gasteiger partial charge in [0.25, 0.3) is 0 Å². The maximum absolute atomic E-state index is 11.9. The van der Waals surface area contributed by atoms with Crippen LogP contribution in [0.5, 0.6) is 0 Å². The minimum absolute atomic E-state index is 0.187. The first-order valence-electron chi connectivity index (χ1n) is 5.63. The van der Waals surface area contributed by atoms with E-state index in [0.717, 1.165) is 12.0 Å². The molecule has 0 amide bonds. The molecule has 1 atom stereocenters. The Morgan fingerprint density at radius 2 is 2.25 bits per heavy atom. The lowest BCUT2D eigenvalue weighted by molar-refractivity contribution is 0.0958. The summed E-state index contributed by atoms with van der Waals surface area (Å²) in [4.78, 5) is 13.8. The fourth-order valence-corrected chi connectivity index (χ4v) is 2.10. The van der Waals surface area contributed by atoms with Crippen molar-refractivity contribution in [2.75, 3.05) is 26.0 Å². The minimum atomic E-state index is 0.187. The van der Waals surface area contributed by atoms with E-state index in [1.54, 1.807) is 0 Å². The average Bonchev–Trinajstić information content (AvgIpc) is 2.55. The number of fused-ring (bicyclic) bond motifs is 1. The fraction of sp³-hybridized carbons (Fsp3) is 0.462. The van der Waals surface area contributed by atoms with Gasteiger partial charge in [0.2, 0.25) is 0 Å². The number of hydrogen-bond acceptors (Lipinski definition) is 3. The third-order valence-corrected chi connectivity index (χ3v) is 2.82. The predicted molar refractivity (Wildman–Crippen MR) is 66.1 cm³/mol. The lowest BCUT2D eigenvalue weighted by Gasteiger charge is -2.09. The smallest absolute Gasteiger partial charge is 0.176 e. The topological polar surface area (TPSA) is 32.3 Å². The molecule has 0 aliphatic carbocycles. The summed E-state index contributed by atoms with van der Waals surface area (Å²) in [5.41, 5.74) is 3.26. The normalized spacial score (nSPS) is 18.4. The number of rotatable bonds is 3. The molecule has 1 heterocycles. The molecule has 16 heavy (non-hydrogen) atoms. The first-order chi connectivity index (χ1) is 7.56. The van der Waals surface area contributed by atoms with E-state index in [-0.39, 0.29) is 5.78 Å². The Bertz CT molecular complexity index is 412. The second-order valence-electron chi connectivity index (χ2n) is 4.78.